The Morgan fingerprint density at radius 2 is 1.87 bits per heavy atom. The molecule has 0 bridgehead atoms. The molecule has 6 heteroatoms. The number of hydrogen-bond donors (Lipinski definition) is 0. The van der Waals surface area contributed by atoms with Crippen molar-refractivity contribution in [2.75, 3.05) is 6.61 Å². The molecule has 0 amide bonds. The Labute approximate surface area is 147 Å². The lowest BCUT2D eigenvalue weighted by Crippen LogP contribution is -2.22. The summed E-state index contributed by atoms with van der Waals surface area (Å²) in [5, 5.41) is 4.65. The molecule has 2 aromatic rings. The third-order valence-electron chi connectivity index (χ3n) is 3.66. The molecule has 1 aromatic carbocycles. The summed E-state index contributed by atoms with van der Waals surface area (Å²) in [5.74, 6) is -0.241. The highest BCUT2D eigenvalue weighted by Crippen LogP contribution is 2.31. The number of halogens is 2. The van der Waals surface area contributed by atoms with E-state index in [0.29, 0.717) is 6.73 Å². The van der Waals surface area contributed by atoms with Crippen LogP contribution in [0.2, 0.25) is 25.7 Å². The van der Waals surface area contributed by atoms with Crippen LogP contribution in [0.25, 0.3) is 11.3 Å². The average molecular weight is 399 g/mol. The topological polar surface area (TPSA) is 27.1 Å². The quantitative estimate of drug-likeness (QED) is 0.465. The van der Waals surface area contributed by atoms with Crippen molar-refractivity contribution in [3.8, 4) is 11.3 Å². The zero-order chi connectivity index (χ0) is 17.0. The smallest absolute Gasteiger partial charge is 0.139 e. The second-order valence-corrected chi connectivity index (χ2v) is 13.2. The van der Waals surface area contributed by atoms with Crippen molar-refractivity contribution in [3.63, 3.8) is 0 Å². The van der Waals surface area contributed by atoms with Gasteiger partial charge in [0.05, 0.1) is 10.2 Å². The zero-order valence-electron chi connectivity index (χ0n) is 14.2. The minimum absolute atomic E-state index is 0.241. The zero-order valence-corrected chi connectivity index (χ0v) is 16.8. The van der Waals surface area contributed by atoms with Crippen LogP contribution in [0.1, 0.15) is 12.6 Å². The molecule has 23 heavy (non-hydrogen) atoms. The van der Waals surface area contributed by atoms with Gasteiger partial charge in [-0.15, -0.1) is 0 Å². The van der Waals surface area contributed by atoms with E-state index < -0.39 is 8.07 Å². The van der Waals surface area contributed by atoms with E-state index in [4.69, 9.17) is 4.74 Å². The third kappa shape index (κ3) is 4.99. The first kappa shape index (κ1) is 18.4. The fourth-order valence-electron chi connectivity index (χ4n) is 2.24. The molecule has 0 aliphatic heterocycles. The van der Waals surface area contributed by atoms with E-state index >= 15 is 0 Å². The Morgan fingerprint density at radius 1 is 1.22 bits per heavy atom. The molecule has 3 nitrogen and oxygen atoms in total. The van der Waals surface area contributed by atoms with E-state index in [2.05, 4.69) is 47.6 Å². The van der Waals surface area contributed by atoms with E-state index in [-0.39, 0.29) is 5.82 Å². The van der Waals surface area contributed by atoms with Gasteiger partial charge in [0.1, 0.15) is 18.2 Å². The number of rotatable bonds is 7. The molecule has 0 atom stereocenters. The molecule has 1 aromatic heterocycles. The predicted molar refractivity (Wildman–Crippen MR) is 98.8 cm³/mol. The summed E-state index contributed by atoms with van der Waals surface area (Å²) in [6.07, 6.45) is 0.853. The Hall–Kier alpha value is -0.983. The molecule has 0 saturated carbocycles. The Morgan fingerprint density at radius 3 is 2.43 bits per heavy atom. The lowest BCUT2D eigenvalue weighted by molar-refractivity contribution is 0.0767. The van der Waals surface area contributed by atoms with Gasteiger partial charge in [-0.1, -0.05) is 26.6 Å². The first-order valence-electron chi connectivity index (χ1n) is 7.90. The van der Waals surface area contributed by atoms with Gasteiger partial charge in [0.15, 0.2) is 0 Å². The maximum atomic E-state index is 13.1. The van der Waals surface area contributed by atoms with Gasteiger partial charge < -0.3 is 4.74 Å². The summed E-state index contributed by atoms with van der Waals surface area (Å²) in [6.45, 7) is 10.3. The molecular formula is C17H24BrFN2OSi. The molecule has 0 aliphatic carbocycles. The normalized spacial score (nSPS) is 11.9. The highest BCUT2D eigenvalue weighted by atomic mass is 79.9. The SMILES string of the molecule is CCc1c(Br)c(-c2ccc(F)cc2)nn1COCC[Si](C)(C)C. The average Bonchev–Trinajstić information content (AvgIpc) is 2.79. The lowest BCUT2D eigenvalue weighted by atomic mass is 10.1. The van der Waals surface area contributed by atoms with Gasteiger partial charge in [0.25, 0.3) is 0 Å². The molecule has 0 saturated heterocycles. The van der Waals surface area contributed by atoms with Gasteiger partial charge in [-0.05, 0) is 52.7 Å². The Kier molecular flexibility index (Phi) is 6.17. The molecule has 0 N–H and O–H groups in total. The summed E-state index contributed by atoms with van der Waals surface area (Å²) in [7, 11) is -1.08. The van der Waals surface area contributed by atoms with Crippen LogP contribution in [-0.2, 0) is 17.9 Å². The molecular weight excluding hydrogens is 375 g/mol. The predicted octanol–water partition coefficient (Wildman–Crippen LogP) is 5.33. The molecule has 1 heterocycles. The number of nitrogens with zero attached hydrogens (tertiary/aromatic N) is 2. The van der Waals surface area contributed by atoms with Gasteiger partial charge in [-0.2, -0.15) is 5.10 Å². The molecule has 0 radical (unpaired) electrons. The summed E-state index contributed by atoms with van der Waals surface area (Å²) >= 11 is 3.63. The van der Waals surface area contributed by atoms with Gasteiger partial charge >= 0.3 is 0 Å². The van der Waals surface area contributed by atoms with Crippen molar-refractivity contribution in [2.24, 2.45) is 0 Å². The minimum atomic E-state index is -1.08. The van der Waals surface area contributed by atoms with E-state index in [9.17, 15) is 4.39 Å². The summed E-state index contributed by atoms with van der Waals surface area (Å²) in [4.78, 5) is 0. The fraction of sp³-hybridized carbons (Fsp3) is 0.471. The van der Waals surface area contributed by atoms with Crippen LogP contribution >= 0.6 is 15.9 Å². The van der Waals surface area contributed by atoms with Gasteiger partial charge in [-0.25, -0.2) is 9.07 Å². The van der Waals surface area contributed by atoms with Crippen molar-refractivity contribution in [2.45, 2.75) is 45.8 Å². The Bertz CT molecular complexity index is 650. The van der Waals surface area contributed by atoms with Crippen LogP contribution in [0.4, 0.5) is 4.39 Å². The van der Waals surface area contributed by atoms with Crippen LogP contribution in [0.15, 0.2) is 28.7 Å². The number of ether oxygens (including phenoxy) is 1. The standard InChI is InChI=1S/C17H24BrFN2OSi/c1-5-15-16(18)17(13-6-8-14(19)9-7-13)20-21(15)12-22-10-11-23(2,3)4/h6-9H,5,10-12H2,1-4H3. The van der Waals surface area contributed by atoms with Crippen molar-refractivity contribution in [1.82, 2.24) is 9.78 Å². The van der Waals surface area contributed by atoms with Gasteiger partial charge in [-0.3, -0.25) is 0 Å². The number of benzene rings is 1. The van der Waals surface area contributed by atoms with Crippen molar-refractivity contribution >= 4 is 24.0 Å². The molecule has 0 spiro atoms. The lowest BCUT2D eigenvalue weighted by Gasteiger charge is -2.15. The van der Waals surface area contributed by atoms with Crippen LogP contribution < -0.4 is 0 Å². The van der Waals surface area contributed by atoms with Crippen molar-refractivity contribution < 1.29 is 9.13 Å². The second-order valence-electron chi connectivity index (χ2n) is 6.82. The fourth-order valence-corrected chi connectivity index (χ4v) is 3.79. The highest BCUT2D eigenvalue weighted by Gasteiger charge is 2.17. The molecule has 126 valence electrons. The minimum Gasteiger partial charge on any atom is -0.360 e. The summed E-state index contributed by atoms with van der Waals surface area (Å²) in [6, 6.07) is 7.55. The number of aromatic nitrogens is 2. The molecule has 2 rings (SSSR count). The van der Waals surface area contributed by atoms with Crippen molar-refractivity contribution in [1.29, 1.82) is 0 Å². The van der Waals surface area contributed by atoms with Crippen molar-refractivity contribution in [3.05, 3.63) is 40.2 Å². The maximum absolute atomic E-state index is 13.1. The maximum Gasteiger partial charge on any atom is 0.139 e. The Balaban J connectivity index is 2.14. The van der Waals surface area contributed by atoms with E-state index in [0.717, 1.165) is 40.5 Å². The largest absolute Gasteiger partial charge is 0.360 e. The van der Waals surface area contributed by atoms with E-state index in [1.807, 2.05) is 4.68 Å². The third-order valence-corrected chi connectivity index (χ3v) is 6.19. The van der Waals surface area contributed by atoms with E-state index in [1.165, 1.54) is 12.1 Å². The van der Waals surface area contributed by atoms with Crippen LogP contribution in [0, 0.1) is 5.82 Å². The molecule has 0 fully saturated rings. The summed E-state index contributed by atoms with van der Waals surface area (Å²) < 4.78 is 21.8. The molecule has 0 aliphatic rings. The second kappa shape index (κ2) is 7.72. The monoisotopic (exact) mass is 398 g/mol. The van der Waals surface area contributed by atoms with Crippen LogP contribution in [0.5, 0.6) is 0 Å². The number of hydrogen-bond acceptors (Lipinski definition) is 2. The van der Waals surface area contributed by atoms with Crippen LogP contribution in [0.3, 0.4) is 0 Å². The van der Waals surface area contributed by atoms with E-state index in [1.54, 1.807) is 12.1 Å². The van der Waals surface area contributed by atoms with Crippen LogP contribution in [-0.4, -0.2) is 24.5 Å². The molecule has 0 unspecified atom stereocenters. The highest BCUT2D eigenvalue weighted by molar-refractivity contribution is 9.10. The van der Waals surface area contributed by atoms with Gasteiger partial charge in [0, 0.05) is 20.2 Å². The first-order valence-corrected chi connectivity index (χ1v) is 12.4. The summed E-state index contributed by atoms with van der Waals surface area (Å²) in [5.41, 5.74) is 2.82. The first-order chi connectivity index (χ1) is 10.8. The van der Waals surface area contributed by atoms with Gasteiger partial charge in [0.2, 0.25) is 0 Å².